The first kappa shape index (κ1) is 33.9. The summed E-state index contributed by atoms with van der Waals surface area (Å²) in [5.74, 6) is -0.607. The molecule has 1 saturated carbocycles. The molecule has 3 aromatic heterocycles. The van der Waals surface area contributed by atoms with E-state index in [1.807, 2.05) is 18.3 Å². The minimum absolute atomic E-state index is 0.182. The van der Waals surface area contributed by atoms with Gasteiger partial charge >= 0.3 is 0 Å². The highest BCUT2D eigenvalue weighted by Gasteiger charge is 2.29. The lowest BCUT2D eigenvalue weighted by molar-refractivity contribution is -0.134. The Bertz CT molecular complexity index is 2080. The van der Waals surface area contributed by atoms with Crippen LogP contribution in [0.25, 0.3) is 16.9 Å². The molecule has 13 heteroatoms. The van der Waals surface area contributed by atoms with Crippen LogP contribution in [-0.4, -0.2) is 73.6 Å². The van der Waals surface area contributed by atoms with E-state index < -0.39 is 11.6 Å². The van der Waals surface area contributed by atoms with Crippen molar-refractivity contribution in [2.24, 2.45) is 5.92 Å². The van der Waals surface area contributed by atoms with Crippen LogP contribution in [0.1, 0.15) is 68.0 Å². The minimum Gasteiger partial charge on any atom is -0.369 e. The van der Waals surface area contributed by atoms with Crippen molar-refractivity contribution in [2.75, 3.05) is 42.9 Å². The molecule has 270 valence electrons. The Morgan fingerprint density at radius 3 is 2.48 bits per heavy atom. The van der Waals surface area contributed by atoms with E-state index in [4.69, 9.17) is 0 Å². The zero-order valence-electron chi connectivity index (χ0n) is 29.3. The molecular formula is C39H43F2N9O2. The molecule has 2 N–H and O–H groups in total. The number of imide groups is 1. The van der Waals surface area contributed by atoms with Gasteiger partial charge in [-0.15, -0.1) is 0 Å². The number of hydrogen-bond acceptors (Lipinski definition) is 8. The molecule has 3 aliphatic rings. The highest BCUT2D eigenvalue weighted by molar-refractivity contribution is 6.01. The van der Waals surface area contributed by atoms with Crippen LogP contribution in [0.2, 0.25) is 0 Å². The van der Waals surface area contributed by atoms with E-state index in [9.17, 15) is 18.4 Å². The third kappa shape index (κ3) is 7.01. The van der Waals surface area contributed by atoms with Gasteiger partial charge in [-0.25, -0.2) is 18.7 Å². The maximum atomic E-state index is 14.7. The summed E-state index contributed by atoms with van der Waals surface area (Å²) < 4.78 is 32.4. The molecule has 1 aliphatic carbocycles. The first-order valence-corrected chi connectivity index (χ1v) is 18.3. The summed E-state index contributed by atoms with van der Waals surface area (Å²) in [4.78, 5) is 37.8. The van der Waals surface area contributed by atoms with Crippen LogP contribution in [0.15, 0.2) is 67.4 Å². The first-order chi connectivity index (χ1) is 25.3. The number of imidazole rings is 1. The molecule has 5 aromatic rings. The van der Waals surface area contributed by atoms with Crippen molar-refractivity contribution in [3.63, 3.8) is 0 Å². The highest BCUT2D eigenvalue weighted by Crippen LogP contribution is 2.35. The number of piperazine rings is 1. The third-order valence-corrected chi connectivity index (χ3v) is 11.1. The van der Waals surface area contributed by atoms with Gasteiger partial charge in [0.25, 0.3) is 0 Å². The van der Waals surface area contributed by atoms with Crippen molar-refractivity contribution in [3.8, 4) is 11.3 Å². The zero-order valence-corrected chi connectivity index (χ0v) is 29.3. The Labute approximate surface area is 301 Å². The molecule has 2 aliphatic heterocycles. The second-order valence-corrected chi connectivity index (χ2v) is 14.4. The SMILES string of the molecule is Cc1cc(-c2cnc(Nc3cnn(C4CCC(CCN5CCN(c6ccc(C7CCC(=O)NC7=O)cc6)CC5)CC4)c3)c3nccn23)c(F)cc1F. The lowest BCUT2D eigenvalue weighted by Gasteiger charge is -2.37. The molecule has 11 nitrogen and oxygen atoms in total. The molecule has 1 unspecified atom stereocenters. The van der Waals surface area contributed by atoms with Gasteiger partial charge in [0.2, 0.25) is 11.8 Å². The van der Waals surface area contributed by atoms with Crippen molar-refractivity contribution < 1.29 is 18.4 Å². The summed E-state index contributed by atoms with van der Waals surface area (Å²) in [7, 11) is 0. The normalized spacial score (nSPS) is 21.4. The Kier molecular flexibility index (Phi) is 9.43. The quantitative estimate of drug-likeness (QED) is 0.170. The summed E-state index contributed by atoms with van der Waals surface area (Å²) in [5, 5.41) is 10.5. The summed E-state index contributed by atoms with van der Waals surface area (Å²) >= 11 is 0. The smallest absolute Gasteiger partial charge is 0.234 e. The topological polar surface area (TPSA) is 113 Å². The largest absolute Gasteiger partial charge is 0.369 e. The Hall–Kier alpha value is -5.17. The lowest BCUT2D eigenvalue weighted by atomic mass is 9.84. The van der Waals surface area contributed by atoms with Crippen LogP contribution in [0.5, 0.6) is 0 Å². The van der Waals surface area contributed by atoms with Gasteiger partial charge in [0.05, 0.1) is 35.7 Å². The van der Waals surface area contributed by atoms with Gasteiger partial charge in [-0.2, -0.15) is 5.10 Å². The molecule has 5 heterocycles. The number of anilines is 3. The molecule has 3 fully saturated rings. The van der Waals surface area contributed by atoms with Crippen LogP contribution in [-0.2, 0) is 9.59 Å². The zero-order chi connectivity index (χ0) is 35.8. The van der Waals surface area contributed by atoms with Crippen LogP contribution in [0.3, 0.4) is 0 Å². The van der Waals surface area contributed by atoms with Crippen LogP contribution < -0.4 is 15.5 Å². The number of nitrogens with zero attached hydrogens (tertiary/aromatic N) is 7. The number of carbonyl (C=O) groups is 2. The number of hydrogen-bond donors (Lipinski definition) is 2. The molecule has 2 aromatic carbocycles. The summed E-state index contributed by atoms with van der Waals surface area (Å²) in [6, 6.07) is 11.0. The van der Waals surface area contributed by atoms with E-state index in [0.29, 0.717) is 47.5 Å². The van der Waals surface area contributed by atoms with E-state index in [2.05, 4.69) is 52.3 Å². The van der Waals surface area contributed by atoms with Gasteiger partial charge in [0.15, 0.2) is 11.5 Å². The average Bonchev–Trinajstić information content (AvgIpc) is 3.84. The molecule has 0 radical (unpaired) electrons. The van der Waals surface area contributed by atoms with E-state index in [0.717, 1.165) is 62.9 Å². The van der Waals surface area contributed by atoms with E-state index in [1.54, 1.807) is 36.1 Å². The van der Waals surface area contributed by atoms with Crippen LogP contribution >= 0.6 is 0 Å². The Morgan fingerprint density at radius 2 is 1.71 bits per heavy atom. The molecule has 2 saturated heterocycles. The van der Waals surface area contributed by atoms with Crippen molar-refractivity contribution in [1.29, 1.82) is 0 Å². The van der Waals surface area contributed by atoms with Crippen molar-refractivity contribution in [3.05, 3.63) is 90.1 Å². The predicted molar refractivity (Wildman–Crippen MR) is 194 cm³/mol. The van der Waals surface area contributed by atoms with Gasteiger partial charge < -0.3 is 10.2 Å². The molecule has 8 rings (SSSR count). The molecule has 2 amide bonds. The monoisotopic (exact) mass is 707 g/mol. The molecule has 0 spiro atoms. The predicted octanol–water partition coefficient (Wildman–Crippen LogP) is 6.39. The number of amides is 2. The van der Waals surface area contributed by atoms with Gasteiger partial charge in [-0.1, -0.05) is 12.1 Å². The van der Waals surface area contributed by atoms with Crippen LogP contribution in [0, 0.1) is 24.5 Å². The number of benzene rings is 2. The second-order valence-electron chi connectivity index (χ2n) is 14.4. The number of aryl methyl sites for hydroxylation is 1. The maximum absolute atomic E-state index is 14.7. The number of fused-ring (bicyclic) bond motifs is 1. The first-order valence-electron chi connectivity index (χ1n) is 18.3. The Balaban J connectivity index is 0.798. The molecular weight excluding hydrogens is 664 g/mol. The molecule has 0 bridgehead atoms. The highest BCUT2D eigenvalue weighted by atomic mass is 19.1. The number of piperidine rings is 1. The molecule has 52 heavy (non-hydrogen) atoms. The summed E-state index contributed by atoms with van der Waals surface area (Å²) in [6.45, 7) is 6.78. The minimum atomic E-state index is -0.649. The standard InChI is InChI=1S/C39H43F2N9O2/c1-25-20-32(34(41)21-33(25)40)35-23-43-37(38-42-13-15-49(35)38)45-28-22-44-50(24-28)30-6-2-26(3-7-30)12-14-47-16-18-48(19-17-47)29-8-4-27(5-9-29)31-10-11-36(51)46-39(31)52/h4-5,8-9,13,15,20-24,26,30-31H,2-3,6-7,10-12,14,16-19H2,1H3,(H,43,45)(H,46,51,52). The van der Waals surface area contributed by atoms with E-state index >= 15 is 0 Å². The van der Waals surface area contributed by atoms with Gasteiger partial charge in [0, 0.05) is 68.5 Å². The van der Waals surface area contributed by atoms with Crippen molar-refractivity contribution >= 4 is 34.7 Å². The van der Waals surface area contributed by atoms with Gasteiger partial charge in [-0.3, -0.25) is 28.9 Å². The number of nitrogens with one attached hydrogen (secondary N) is 2. The maximum Gasteiger partial charge on any atom is 0.234 e. The number of aromatic nitrogens is 5. The van der Waals surface area contributed by atoms with E-state index in [1.165, 1.54) is 31.0 Å². The molecule has 1 atom stereocenters. The fourth-order valence-corrected chi connectivity index (χ4v) is 8.02. The summed E-state index contributed by atoms with van der Waals surface area (Å²) in [5.41, 5.74) is 4.61. The number of rotatable bonds is 9. The van der Waals surface area contributed by atoms with Crippen molar-refractivity contribution in [2.45, 2.75) is 63.8 Å². The van der Waals surface area contributed by atoms with Gasteiger partial charge in [0.1, 0.15) is 11.6 Å². The summed E-state index contributed by atoms with van der Waals surface area (Å²) in [6.07, 6.45) is 15.5. The van der Waals surface area contributed by atoms with Crippen LogP contribution in [0.4, 0.5) is 26.0 Å². The van der Waals surface area contributed by atoms with E-state index in [-0.39, 0.29) is 23.3 Å². The fourth-order valence-electron chi connectivity index (χ4n) is 8.02. The number of halogens is 2. The average molecular weight is 708 g/mol. The van der Waals surface area contributed by atoms with Gasteiger partial charge in [-0.05, 0) is 87.2 Å². The third-order valence-electron chi connectivity index (χ3n) is 11.1. The Morgan fingerprint density at radius 1 is 0.923 bits per heavy atom. The van der Waals surface area contributed by atoms with Crippen molar-refractivity contribution in [1.82, 2.24) is 34.4 Å². The fraction of sp³-hybridized carbons (Fsp3) is 0.410. The number of carbonyl (C=O) groups excluding carboxylic acids is 2. The second kappa shape index (κ2) is 14.5. The lowest BCUT2D eigenvalue weighted by Crippen LogP contribution is -2.47.